The van der Waals surface area contributed by atoms with E-state index in [1.165, 1.54) is 4.90 Å². The van der Waals surface area contributed by atoms with Crippen molar-refractivity contribution >= 4 is 11.8 Å². The lowest BCUT2D eigenvalue weighted by atomic mass is 9.85. The molecule has 1 saturated heterocycles. The molecule has 7 heteroatoms. The van der Waals surface area contributed by atoms with E-state index >= 15 is 0 Å². The van der Waals surface area contributed by atoms with E-state index in [-0.39, 0.29) is 23.7 Å². The van der Waals surface area contributed by atoms with E-state index in [0.717, 1.165) is 5.56 Å². The van der Waals surface area contributed by atoms with Crippen molar-refractivity contribution in [3.8, 4) is 11.4 Å². The minimum atomic E-state index is -0.168. The number of likely N-dealkylation sites (tertiary alicyclic amines) is 1. The smallest absolute Gasteiger partial charge is 0.233 e. The molecule has 3 heterocycles. The summed E-state index contributed by atoms with van der Waals surface area (Å²) in [5.41, 5.74) is 0.791. The van der Waals surface area contributed by atoms with Crippen molar-refractivity contribution in [2.75, 3.05) is 6.54 Å². The summed E-state index contributed by atoms with van der Waals surface area (Å²) in [6, 6.07) is 3.67. The number of nitrogens with zero attached hydrogens (tertiary/aromatic N) is 4. The molecule has 128 valence electrons. The fraction of sp³-hybridized carbons (Fsp3) is 0.389. The van der Waals surface area contributed by atoms with Crippen LogP contribution in [0.15, 0.2) is 41.2 Å². The average Bonchev–Trinajstić information content (AvgIpc) is 3.22. The van der Waals surface area contributed by atoms with E-state index in [4.69, 9.17) is 4.52 Å². The molecule has 7 nitrogen and oxygen atoms in total. The van der Waals surface area contributed by atoms with Gasteiger partial charge in [-0.05, 0) is 31.4 Å². The number of pyridine rings is 1. The first-order valence-corrected chi connectivity index (χ1v) is 8.47. The quantitative estimate of drug-likeness (QED) is 0.612. The monoisotopic (exact) mass is 338 g/mol. The van der Waals surface area contributed by atoms with Gasteiger partial charge in [0.2, 0.25) is 23.5 Å². The van der Waals surface area contributed by atoms with Crippen molar-refractivity contribution < 1.29 is 14.1 Å². The summed E-state index contributed by atoms with van der Waals surface area (Å²) in [4.78, 5) is 34.6. The maximum absolute atomic E-state index is 12.4. The van der Waals surface area contributed by atoms with E-state index < -0.39 is 0 Å². The lowest BCUT2D eigenvalue weighted by Crippen LogP contribution is -2.32. The second kappa shape index (κ2) is 6.58. The van der Waals surface area contributed by atoms with Crippen LogP contribution in [0.5, 0.6) is 0 Å². The second-order valence-corrected chi connectivity index (χ2v) is 6.34. The van der Waals surface area contributed by atoms with Crippen molar-refractivity contribution in [3.63, 3.8) is 0 Å². The lowest BCUT2D eigenvalue weighted by molar-refractivity contribution is -0.139. The Hall–Kier alpha value is -2.83. The highest BCUT2D eigenvalue weighted by atomic mass is 16.5. The van der Waals surface area contributed by atoms with Gasteiger partial charge in [0.15, 0.2) is 0 Å². The molecule has 0 radical (unpaired) electrons. The standard InChI is InChI=1S/C18H18N4O3/c23-17-13-6-1-2-7-14(13)18(24)22(17)10-4-8-15-20-16(21-25-15)12-5-3-9-19-11-12/h1-3,5,9,11,13-14H,4,6-8,10H2/t13-,14+. The Bertz CT molecular complexity index is 789. The summed E-state index contributed by atoms with van der Waals surface area (Å²) in [7, 11) is 0. The highest BCUT2D eigenvalue weighted by molar-refractivity contribution is 6.05. The molecule has 0 unspecified atom stereocenters. The molecule has 25 heavy (non-hydrogen) atoms. The number of carbonyl (C=O) groups excluding carboxylic acids is 2. The molecule has 2 atom stereocenters. The van der Waals surface area contributed by atoms with Gasteiger partial charge in [-0.3, -0.25) is 19.5 Å². The van der Waals surface area contributed by atoms with E-state index in [1.807, 2.05) is 24.3 Å². The van der Waals surface area contributed by atoms with Gasteiger partial charge in [-0.25, -0.2) is 0 Å². The van der Waals surface area contributed by atoms with Gasteiger partial charge in [0.05, 0.1) is 11.8 Å². The molecule has 1 aliphatic carbocycles. The first kappa shape index (κ1) is 15.7. The summed E-state index contributed by atoms with van der Waals surface area (Å²) in [6.45, 7) is 0.398. The molecular weight excluding hydrogens is 320 g/mol. The SMILES string of the molecule is O=C1[C@H]2CC=CC[C@H]2C(=O)N1CCCc1nc(-c2cccnc2)no1. The van der Waals surface area contributed by atoms with Crippen molar-refractivity contribution in [1.82, 2.24) is 20.0 Å². The van der Waals surface area contributed by atoms with Crippen molar-refractivity contribution in [3.05, 3.63) is 42.6 Å². The third-order valence-electron chi connectivity index (χ3n) is 4.76. The Labute approximate surface area is 144 Å². The molecule has 2 aromatic heterocycles. The number of rotatable bonds is 5. The Balaban J connectivity index is 1.35. The van der Waals surface area contributed by atoms with Gasteiger partial charge < -0.3 is 4.52 Å². The third-order valence-corrected chi connectivity index (χ3v) is 4.76. The summed E-state index contributed by atoms with van der Waals surface area (Å²) >= 11 is 0. The van der Waals surface area contributed by atoms with Gasteiger partial charge in [-0.15, -0.1) is 0 Å². The van der Waals surface area contributed by atoms with Crippen LogP contribution in [0.25, 0.3) is 11.4 Å². The van der Waals surface area contributed by atoms with E-state index in [2.05, 4.69) is 15.1 Å². The number of hydrogen-bond donors (Lipinski definition) is 0. The van der Waals surface area contributed by atoms with Crippen LogP contribution >= 0.6 is 0 Å². The number of imide groups is 1. The van der Waals surface area contributed by atoms with Gasteiger partial charge in [0.25, 0.3) is 0 Å². The zero-order chi connectivity index (χ0) is 17.2. The molecule has 0 N–H and O–H groups in total. The molecule has 4 rings (SSSR count). The number of fused-ring (bicyclic) bond motifs is 1. The molecular formula is C18H18N4O3. The van der Waals surface area contributed by atoms with Crippen molar-refractivity contribution in [1.29, 1.82) is 0 Å². The van der Waals surface area contributed by atoms with Gasteiger partial charge >= 0.3 is 0 Å². The maximum atomic E-state index is 12.4. The molecule has 2 aromatic rings. The molecule has 1 fully saturated rings. The first-order valence-electron chi connectivity index (χ1n) is 8.47. The van der Waals surface area contributed by atoms with Crippen LogP contribution in [0.1, 0.15) is 25.2 Å². The molecule has 0 aromatic carbocycles. The highest BCUT2D eigenvalue weighted by Crippen LogP contribution is 2.35. The van der Waals surface area contributed by atoms with Gasteiger partial charge in [0.1, 0.15) is 0 Å². The Morgan fingerprint density at radius 3 is 2.60 bits per heavy atom. The number of aromatic nitrogens is 3. The zero-order valence-corrected chi connectivity index (χ0v) is 13.7. The Morgan fingerprint density at radius 2 is 1.92 bits per heavy atom. The van der Waals surface area contributed by atoms with Crippen molar-refractivity contribution in [2.24, 2.45) is 11.8 Å². The molecule has 0 saturated carbocycles. The lowest BCUT2D eigenvalue weighted by Gasteiger charge is -2.14. The summed E-state index contributed by atoms with van der Waals surface area (Å²) in [5, 5.41) is 3.94. The molecule has 0 spiro atoms. The van der Waals surface area contributed by atoms with Crippen LogP contribution in [0.4, 0.5) is 0 Å². The topological polar surface area (TPSA) is 89.2 Å². The zero-order valence-electron chi connectivity index (χ0n) is 13.7. The third kappa shape index (κ3) is 2.97. The number of amides is 2. The number of carbonyl (C=O) groups is 2. The Kier molecular flexibility index (Phi) is 4.13. The fourth-order valence-electron chi connectivity index (χ4n) is 3.45. The summed E-state index contributed by atoms with van der Waals surface area (Å²) in [5.74, 6) is 0.573. The van der Waals surface area contributed by atoms with Gasteiger partial charge in [0, 0.05) is 30.9 Å². The van der Waals surface area contributed by atoms with Gasteiger partial charge in [-0.2, -0.15) is 4.98 Å². The van der Waals surface area contributed by atoms with Crippen molar-refractivity contribution in [2.45, 2.75) is 25.7 Å². The van der Waals surface area contributed by atoms with Crippen LogP contribution in [0.3, 0.4) is 0 Å². The Morgan fingerprint density at radius 1 is 1.16 bits per heavy atom. The molecule has 1 aliphatic heterocycles. The van der Waals surface area contributed by atoms with Crippen LogP contribution in [0.2, 0.25) is 0 Å². The molecule has 2 amide bonds. The van der Waals surface area contributed by atoms with Crippen LogP contribution in [0, 0.1) is 11.8 Å². The minimum absolute atomic E-state index is 0.0408. The number of aryl methyl sites for hydroxylation is 1. The predicted octanol–water partition coefficient (Wildman–Crippen LogP) is 2.02. The normalized spacial score (nSPS) is 22.5. The van der Waals surface area contributed by atoms with Crippen LogP contribution < -0.4 is 0 Å². The van der Waals surface area contributed by atoms with E-state index in [0.29, 0.717) is 43.9 Å². The largest absolute Gasteiger partial charge is 0.339 e. The average molecular weight is 338 g/mol. The molecule has 0 bridgehead atoms. The van der Waals surface area contributed by atoms with E-state index in [9.17, 15) is 9.59 Å². The maximum Gasteiger partial charge on any atom is 0.233 e. The fourth-order valence-corrected chi connectivity index (χ4v) is 3.45. The summed E-state index contributed by atoms with van der Waals surface area (Å²) < 4.78 is 5.24. The first-order chi connectivity index (χ1) is 12.2. The predicted molar refractivity (Wildman–Crippen MR) is 87.9 cm³/mol. The minimum Gasteiger partial charge on any atom is -0.339 e. The van der Waals surface area contributed by atoms with Crippen LogP contribution in [-0.2, 0) is 16.0 Å². The number of allylic oxidation sites excluding steroid dienone is 2. The molecule has 2 aliphatic rings. The number of hydrogen-bond acceptors (Lipinski definition) is 6. The van der Waals surface area contributed by atoms with Crippen LogP contribution in [-0.4, -0.2) is 38.4 Å². The summed E-state index contributed by atoms with van der Waals surface area (Å²) in [6.07, 6.45) is 9.82. The van der Waals surface area contributed by atoms with Gasteiger partial charge in [-0.1, -0.05) is 17.3 Å². The van der Waals surface area contributed by atoms with E-state index in [1.54, 1.807) is 12.4 Å². The highest BCUT2D eigenvalue weighted by Gasteiger charge is 2.46. The second-order valence-electron chi connectivity index (χ2n) is 6.34.